The van der Waals surface area contributed by atoms with Gasteiger partial charge in [-0.2, -0.15) is 0 Å². The first-order valence-corrected chi connectivity index (χ1v) is 10.6. The molecule has 1 fully saturated rings. The molecule has 2 aromatic heterocycles. The van der Waals surface area contributed by atoms with Crippen LogP contribution in [0.4, 0.5) is 0 Å². The summed E-state index contributed by atoms with van der Waals surface area (Å²) >= 11 is 5.75. The van der Waals surface area contributed by atoms with Crippen LogP contribution >= 0.6 is 12.2 Å². The topological polar surface area (TPSA) is 33.1 Å². The first-order chi connectivity index (χ1) is 13.9. The average Bonchev–Trinajstić information content (AvgIpc) is 3.19. The van der Waals surface area contributed by atoms with Crippen LogP contribution in [0.15, 0.2) is 54.7 Å². The third kappa shape index (κ3) is 3.33. The number of aryl methyl sites for hydroxylation is 2. The Bertz CT molecular complexity index is 1040. The molecule has 0 spiro atoms. The van der Waals surface area contributed by atoms with E-state index in [1.165, 1.54) is 28.2 Å². The molecule has 0 saturated carbocycles. The van der Waals surface area contributed by atoms with Crippen molar-refractivity contribution in [3.63, 3.8) is 0 Å². The lowest BCUT2D eigenvalue weighted by molar-refractivity contribution is 0.269. The lowest BCUT2D eigenvalue weighted by Crippen LogP contribution is -2.35. The lowest BCUT2D eigenvalue weighted by Gasteiger charge is -2.31. The van der Waals surface area contributed by atoms with E-state index < -0.39 is 0 Å². The van der Waals surface area contributed by atoms with E-state index >= 15 is 0 Å². The average molecular weight is 405 g/mol. The summed E-state index contributed by atoms with van der Waals surface area (Å²) < 4.78 is 2.36. The van der Waals surface area contributed by atoms with Gasteiger partial charge < -0.3 is 14.8 Å². The lowest BCUT2D eigenvalue weighted by atomic mass is 9.96. The van der Waals surface area contributed by atoms with Crippen molar-refractivity contribution in [2.75, 3.05) is 0 Å². The molecule has 0 bridgehead atoms. The number of nitrogens with zero attached hydrogens (tertiary/aromatic N) is 3. The van der Waals surface area contributed by atoms with Gasteiger partial charge in [0.2, 0.25) is 0 Å². The van der Waals surface area contributed by atoms with Gasteiger partial charge in [-0.25, -0.2) is 0 Å². The molecule has 29 heavy (non-hydrogen) atoms. The summed E-state index contributed by atoms with van der Waals surface area (Å²) in [5, 5.41) is 4.34. The van der Waals surface area contributed by atoms with Gasteiger partial charge in [-0.3, -0.25) is 4.98 Å². The second kappa shape index (κ2) is 7.64. The van der Waals surface area contributed by atoms with Gasteiger partial charge in [0.25, 0.3) is 0 Å². The minimum Gasteiger partial charge on any atom is -0.352 e. The third-order valence-corrected chi connectivity index (χ3v) is 6.17. The van der Waals surface area contributed by atoms with Crippen LogP contribution < -0.4 is 5.32 Å². The predicted octanol–water partition coefficient (Wildman–Crippen LogP) is 5.18. The Kier molecular flexibility index (Phi) is 5.17. The summed E-state index contributed by atoms with van der Waals surface area (Å²) in [4.78, 5) is 6.96. The fourth-order valence-corrected chi connectivity index (χ4v) is 4.98. The van der Waals surface area contributed by atoms with Gasteiger partial charge in [0, 0.05) is 29.3 Å². The van der Waals surface area contributed by atoms with Crippen molar-refractivity contribution >= 4 is 17.3 Å². The standard InChI is InChI=1S/C24H28N4S/c1-15(2)27-23(22(26-24(27)29)20-11-8-9-13-25-20)19-14-17(4)28(18(19)5)21-12-7-6-10-16(21)3/h6-15,22-23H,1-5H3,(H,26,29)/t22-,23+/m0/s1. The van der Waals surface area contributed by atoms with E-state index in [4.69, 9.17) is 12.2 Å². The van der Waals surface area contributed by atoms with E-state index in [9.17, 15) is 0 Å². The van der Waals surface area contributed by atoms with Gasteiger partial charge in [-0.1, -0.05) is 24.3 Å². The summed E-state index contributed by atoms with van der Waals surface area (Å²) in [6.45, 7) is 10.9. The van der Waals surface area contributed by atoms with E-state index in [1.54, 1.807) is 0 Å². The van der Waals surface area contributed by atoms with Crippen LogP contribution in [0.25, 0.3) is 5.69 Å². The maximum Gasteiger partial charge on any atom is 0.170 e. The molecule has 4 rings (SSSR count). The molecular formula is C24H28N4S. The van der Waals surface area contributed by atoms with Crippen LogP contribution in [0, 0.1) is 20.8 Å². The van der Waals surface area contributed by atoms with Crippen molar-refractivity contribution in [2.24, 2.45) is 0 Å². The quantitative estimate of drug-likeness (QED) is 0.608. The first kappa shape index (κ1) is 19.6. The monoisotopic (exact) mass is 404 g/mol. The zero-order valence-corrected chi connectivity index (χ0v) is 18.5. The predicted molar refractivity (Wildman–Crippen MR) is 122 cm³/mol. The van der Waals surface area contributed by atoms with Gasteiger partial charge >= 0.3 is 0 Å². The number of thiocarbonyl (C=S) groups is 1. The van der Waals surface area contributed by atoms with Crippen LogP contribution in [-0.2, 0) is 0 Å². The van der Waals surface area contributed by atoms with Crippen LogP contribution in [-0.4, -0.2) is 25.6 Å². The normalized spacial score (nSPS) is 19.1. The summed E-state index contributed by atoms with van der Waals surface area (Å²) in [6.07, 6.45) is 1.85. The smallest absolute Gasteiger partial charge is 0.170 e. The number of aromatic nitrogens is 2. The van der Waals surface area contributed by atoms with Gasteiger partial charge in [0.15, 0.2) is 5.11 Å². The fourth-order valence-electron chi connectivity index (χ4n) is 4.53. The number of hydrogen-bond acceptors (Lipinski definition) is 2. The Labute approximate surface area is 178 Å². The molecule has 3 heterocycles. The van der Waals surface area contributed by atoms with E-state index in [2.05, 4.69) is 90.8 Å². The Morgan fingerprint density at radius 3 is 2.41 bits per heavy atom. The summed E-state index contributed by atoms with van der Waals surface area (Å²) in [5.74, 6) is 0. The zero-order chi connectivity index (χ0) is 20.7. The second-order valence-electron chi connectivity index (χ2n) is 8.08. The number of para-hydroxylation sites is 1. The highest BCUT2D eigenvalue weighted by molar-refractivity contribution is 7.80. The maximum absolute atomic E-state index is 5.75. The third-order valence-electron chi connectivity index (χ3n) is 5.84. The highest BCUT2D eigenvalue weighted by Gasteiger charge is 2.42. The molecule has 150 valence electrons. The maximum atomic E-state index is 5.75. The number of pyridine rings is 1. The minimum absolute atomic E-state index is 0.0249. The van der Waals surface area contributed by atoms with Gasteiger partial charge in [-0.05, 0) is 82.2 Å². The minimum atomic E-state index is 0.0249. The molecule has 4 nitrogen and oxygen atoms in total. The highest BCUT2D eigenvalue weighted by Crippen LogP contribution is 2.42. The number of rotatable bonds is 4. The molecule has 1 aliphatic rings. The van der Waals surface area contributed by atoms with Crippen LogP contribution in [0.2, 0.25) is 0 Å². The largest absolute Gasteiger partial charge is 0.352 e. The first-order valence-electron chi connectivity index (χ1n) is 10.1. The molecule has 1 aliphatic heterocycles. The van der Waals surface area contributed by atoms with E-state index in [0.29, 0.717) is 0 Å². The zero-order valence-electron chi connectivity index (χ0n) is 17.7. The van der Waals surface area contributed by atoms with Gasteiger partial charge in [-0.15, -0.1) is 0 Å². The van der Waals surface area contributed by atoms with E-state index in [1.807, 2.05) is 18.3 Å². The van der Waals surface area contributed by atoms with E-state index in [0.717, 1.165) is 10.8 Å². The molecule has 0 aliphatic carbocycles. The fraction of sp³-hybridized carbons (Fsp3) is 0.333. The number of hydrogen-bond donors (Lipinski definition) is 1. The Hall–Kier alpha value is -2.66. The van der Waals surface area contributed by atoms with Crippen LogP contribution in [0.5, 0.6) is 0 Å². The molecule has 2 atom stereocenters. The molecule has 0 unspecified atom stereocenters. The molecule has 0 amide bonds. The molecule has 0 radical (unpaired) electrons. The molecule has 5 heteroatoms. The summed E-state index contributed by atoms with van der Waals surface area (Å²) in [7, 11) is 0. The van der Waals surface area contributed by atoms with Crippen molar-refractivity contribution in [1.29, 1.82) is 0 Å². The van der Waals surface area contributed by atoms with Gasteiger partial charge in [0.1, 0.15) is 0 Å². The molecule has 1 N–H and O–H groups in total. The Morgan fingerprint density at radius 1 is 1.03 bits per heavy atom. The second-order valence-corrected chi connectivity index (χ2v) is 8.46. The molecule has 3 aromatic rings. The van der Waals surface area contributed by atoms with Crippen molar-refractivity contribution in [2.45, 2.75) is 52.7 Å². The van der Waals surface area contributed by atoms with Crippen LogP contribution in [0.1, 0.15) is 54.1 Å². The molecular weight excluding hydrogens is 376 g/mol. The number of benzene rings is 1. The Morgan fingerprint density at radius 2 is 1.76 bits per heavy atom. The van der Waals surface area contributed by atoms with Crippen molar-refractivity contribution < 1.29 is 0 Å². The van der Waals surface area contributed by atoms with Crippen molar-refractivity contribution in [1.82, 2.24) is 19.8 Å². The van der Waals surface area contributed by atoms with Gasteiger partial charge in [0.05, 0.1) is 17.8 Å². The summed E-state index contributed by atoms with van der Waals surface area (Å²) in [5.41, 5.74) is 7.29. The molecule has 1 saturated heterocycles. The number of nitrogens with one attached hydrogen (secondary N) is 1. The highest BCUT2D eigenvalue weighted by atomic mass is 32.1. The Balaban J connectivity index is 1.88. The SMILES string of the molecule is Cc1ccccc1-n1c(C)cc([C@@H]2[C@H](c3ccccn3)NC(=S)N2C(C)C)c1C. The van der Waals surface area contributed by atoms with E-state index in [-0.39, 0.29) is 18.1 Å². The van der Waals surface area contributed by atoms with Crippen LogP contribution in [0.3, 0.4) is 0 Å². The molecule has 1 aromatic carbocycles. The van der Waals surface area contributed by atoms with Crippen molar-refractivity contribution in [3.05, 3.63) is 82.9 Å². The van der Waals surface area contributed by atoms with Crippen molar-refractivity contribution in [3.8, 4) is 5.69 Å². The summed E-state index contributed by atoms with van der Waals surface area (Å²) in [6, 6.07) is 17.3.